The average molecular weight is 494 g/mol. The molecule has 0 nitrogen and oxygen atoms in total. The summed E-state index contributed by atoms with van der Waals surface area (Å²) in [5.41, 5.74) is 0. The molecule has 0 bridgehead atoms. The van der Waals surface area contributed by atoms with Gasteiger partial charge in [-0.1, -0.05) is 0 Å². The zero-order chi connectivity index (χ0) is 11.1. The van der Waals surface area contributed by atoms with Gasteiger partial charge in [-0.05, 0) is 26.9 Å². The lowest BCUT2D eigenvalue weighted by atomic mass is 11.7. The average Bonchev–Trinajstić information content (AvgIpc) is 1.44. The minimum atomic E-state index is -0.753. The van der Waals surface area contributed by atoms with Gasteiger partial charge in [-0.15, -0.1) is 0 Å². The molecule has 0 aliphatic carbocycles. The van der Waals surface area contributed by atoms with Crippen LogP contribution in [0.25, 0.3) is 0 Å². The van der Waals surface area contributed by atoms with E-state index in [1.165, 1.54) is 0 Å². The molecule has 0 aromatic rings. The Bertz CT molecular complexity index is 216. The highest BCUT2D eigenvalue weighted by atomic mass is 127. The van der Waals surface area contributed by atoms with Crippen molar-refractivity contribution in [1.29, 1.82) is 0 Å². The molecule has 0 atom stereocenters. The summed E-state index contributed by atoms with van der Waals surface area (Å²) in [4.78, 5) is 0. The lowest BCUT2D eigenvalue weighted by Crippen LogP contribution is -3.00. The van der Waals surface area contributed by atoms with Crippen molar-refractivity contribution in [3.8, 4) is 0 Å². The summed E-state index contributed by atoms with van der Waals surface area (Å²) in [5, 5.41) is 0. The van der Waals surface area contributed by atoms with E-state index < -0.39 is 21.4 Å². The molecule has 0 amide bonds. The zero-order valence-corrected chi connectivity index (χ0v) is 18.6. The van der Waals surface area contributed by atoms with Crippen molar-refractivity contribution in [2.24, 2.45) is 0 Å². The lowest BCUT2D eigenvalue weighted by molar-refractivity contribution is -0.00100. The van der Waals surface area contributed by atoms with Crippen molar-refractivity contribution in [2.75, 3.05) is 60.0 Å². The van der Waals surface area contributed by atoms with Crippen LogP contribution >= 0.6 is 21.4 Å². The van der Waals surface area contributed by atoms with E-state index in [1.54, 1.807) is 0 Å². The highest BCUT2D eigenvalue weighted by Gasteiger charge is 2.43. The second-order valence-electron chi connectivity index (χ2n) is 6.34. The first kappa shape index (κ1) is 22.8. The molecule has 0 heterocycles. The Balaban J connectivity index is -0.000000720. The topological polar surface area (TPSA) is 0 Å². The van der Waals surface area contributed by atoms with Crippen molar-refractivity contribution in [2.45, 2.75) is 0 Å². The summed E-state index contributed by atoms with van der Waals surface area (Å²) in [6.45, 7) is 21.6. The summed E-state index contributed by atoms with van der Waals surface area (Å²) in [5.74, 6) is 0. The maximum atomic E-state index is 2.48. The molecule has 0 aliphatic heterocycles. The first-order valence-electron chi connectivity index (χ1n) is 4.70. The molecule has 0 fully saturated rings. The zero-order valence-electron chi connectivity index (χ0n) is 11.6. The second kappa shape index (κ2) is 7.27. The van der Waals surface area contributed by atoms with Crippen LogP contribution in [0.3, 0.4) is 0 Å². The fourth-order valence-electron chi connectivity index (χ4n) is 2.70. The van der Waals surface area contributed by atoms with Gasteiger partial charge >= 0.3 is 0 Å². The highest BCUT2D eigenvalue weighted by Crippen LogP contribution is 2.73. The third kappa shape index (κ3) is 8.36. The maximum Gasteiger partial charge on any atom is 0.191 e. The SMILES string of the molecule is CP(C)(C)=C([P+](C)(C)C)[P+](C)(C)C.[I-].[I-]. The van der Waals surface area contributed by atoms with Gasteiger partial charge in [0, 0.05) is 0 Å². The summed E-state index contributed by atoms with van der Waals surface area (Å²) in [7, 11) is -1.51. The van der Waals surface area contributed by atoms with E-state index in [9.17, 15) is 0 Å². The number of rotatable bonds is 2. The first-order chi connectivity index (χ1) is 5.37. The van der Waals surface area contributed by atoms with Crippen molar-refractivity contribution < 1.29 is 48.0 Å². The van der Waals surface area contributed by atoms with Gasteiger partial charge in [-0.3, -0.25) is 0 Å². The molecule has 96 valence electrons. The Hall–Kier alpha value is 2.62. The molecule has 0 unspecified atom stereocenters. The van der Waals surface area contributed by atoms with Gasteiger partial charge in [0.2, 0.25) is 0 Å². The molecule has 0 saturated carbocycles. The highest BCUT2D eigenvalue weighted by molar-refractivity contribution is 8.24. The Morgan fingerprint density at radius 3 is 0.867 bits per heavy atom. The monoisotopic (exact) mass is 494 g/mol. The minimum absolute atomic E-state index is 0. The molecule has 5 heteroatoms. The molecular formula is C10H27I2P3. The molecule has 0 radical (unpaired) electrons. The summed E-state index contributed by atoms with van der Waals surface area (Å²) in [6, 6.07) is 0. The Kier molecular flexibility index (Phi) is 11.0. The van der Waals surface area contributed by atoms with Crippen molar-refractivity contribution in [3.63, 3.8) is 0 Å². The quantitative estimate of drug-likeness (QED) is 0.303. The van der Waals surface area contributed by atoms with Gasteiger partial charge in [0.25, 0.3) is 0 Å². The van der Waals surface area contributed by atoms with E-state index in [2.05, 4.69) is 60.0 Å². The van der Waals surface area contributed by atoms with Crippen LogP contribution in [0, 0.1) is 0 Å². The van der Waals surface area contributed by atoms with Gasteiger partial charge in [-0.2, -0.15) is 0 Å². The van der Waals surface area contributed by atoms with Crippen molar-refractivity contribution in [1.82, 2.24) is 0 Å². The summed E-state index contributed by atoms with van der Waals surface area (Å²) in [6.07, 6.45) is 0. The van der Waals surface area contributed by atoms with E-state index in [4.69, 9.17) is 0 Å². The molecule has 15 heavy (non-hydrogen) atoms. The fourth-order valence-corrected chi connectivity index (χ4v) is 24.3. The van der Waals surface area contributed by atoms with Crippen LogP contribution in [-0.4, -0.2) is 64.8 Å². The fraction of sp³-hybridized carbons (Fsp3) is 0.900. The third-order valence-corrected chi connectivity index (χ3v) is 16.2. The summed E-state index contributed by atoms with van der Waals surface area (Å²) < 4.78 is 1.98. The lowest BCUT2D eigenvalue weighted by Gasteiger charge is -2.27. The second-order valence-corrected chi connectivity index (χ2v) is 20.8. The smallest absolute Gasteiger partial charge is 0.191 e. The standard InChI is InChI=1S/C10H27P3.2HI/c1-11(2,3)10(12(4,5)6)13(7,8)9;;/h1-9H3;2*1H/q+2;;/p-2. The molecule has 0 aromatic heterocycles. The van der Waals surface area contributed by atoms with E-state index in [-0.39, 0.29) is 48.0 Å². The minimum Gasteiger partial charge on any atom is -1.00 e. The van der Waals surface area contributed by atoms with Crippen LogP contribution in [0.4, 0.5) is 0 Å². The molecular weight excluding hydrogens is 467 g/mol. The van der Waals surface area contributed by atoms with Gasteiger partial charge < -0.3 is 48.0 Å². The number of hydrogen-bond donors (Lipinski definition) is 0. The van der Waals surface area contributed by atoms with E-state index in [0.29, 0.717) is 0 Å². The van der Waals surface area contributed by atoms with Gasteiger partial charge in [0.15, 0.2) is 4.78 Å². The third-order valence-electron chi connectivity index (χ3n) is 1.80. The van der Waals surface area contributed by atoms with Crippen LogP contribution in [-0.2, 0) is 0 Å². The Morgan fingerprint density at radius 1 is 0.667 bits per heavy atom. The van der Waals surface area contributed by atoms with Crippen molar-refractivity contribution in [3.05, 3.63) is 0 Å². The molecule has 0 aliphatic rings. The van der Waals surface area contributed by atoms with Crippen molar-refractivity contribution >= 4 is 26.2 Å². The van der Waals surface area contributed by atoms with Gasteiger partial charge in [0.1, 0.15) is 0 Å². The van der Waals surface area contributed by atoms with Crippen LogP contribution in [0.1, 0.15) is 0 Å². The normalized spacial score (nSPS) is 12.6. The predicted molar refractivity (Wildman–Crippen MR) is 79.1 cm³/mol. The molecule has 0 rings (SSSR count). The summed E-state index contributed by atoms with van der Waals surface area (Å²) >= 11 is 0. The predicted octanol–water partition coefficient (Wildman–Crippen LogP) is -2.20. The van der Waals surface area contributed by atoms with Gasteiger partial charge in [0.05, 0.1) is 54.5 Å². The van der Waals surface area contributed by atoms with E-state index >= 15 is 0 Å². The molecule has 0 saturated heterocycles. The Morgan fingerprint density at radius 2 is 0.867 bits per heavy atom. The van der Waals surface area contributed by atoms with E-state index in [0.717, 1.165) is 0 Å². The van der Waals surface area contributed by atoms with E-state index in [1.807, 2.05) is 4.78 Å². The molecule has 0 aromatic carbocycles. The van der Waals surface area contributed by atoms with Crippen LogP contribution < -0.4 is 48.0 Å². The van der Waals surface area contributed by atoms with Crippen LogP contribution in [0.2, 0.25) is 0 Å². The largest absolute Gasteiger partial charge is 1.00 e. The first-order valence-corrected chi connectivity index (χ1v) is 14.1. The van der Waals surface area contributed by atoms with Gasteiger partial charge in [-0.25, -0.2) is 0 Å². The number of halogens is 2. The van der Waals surface area contributed by atoms with Crippen LogP contribution in [0.15, 0.2) is 0 Å². The number of hydrogen-bond acceptors (Lipinski definition) is 0. The maximum absolute atomic E-state index is 2.48. The molecule has 0 spiro atoms. The van der Waals surface area contributed by atoms with Crippen LogP contribution in [0.5, 0.6) is 0 Å². The molecule has 0 N–H and O–H groups in total. The Labute approximate surface area is 133 Å².